The molecule has 1 unspecified atom stereocenters. The Morgan fingerprint density at radius 2 is 2.16 bits per heavy atom. The Hall–Kier alpha value is -2.25. The summed E-state index contributed by atoms with van der Waals surface area (Å²) in [6.45, 7) is 4.27. The lowest BCUT2D eigenvalue weighted by Gasteiger charge is -2.24. The number of hydrogen-bond acceptors (Lipinski definition) is 7. The highest BCUT2D eigenvalue weighted by Crippen LogP contribution is 2.14. The van der Waals surface area contributed by atoms with Crippen molar-refractivity contribution in [2.45, 2.75) is 32.7 Å². The number of nitrogen functional groups attached to an aromatic ring is 1. The highest BCUT2D eigenvalue weighted by Gasteiger charge is 2.15. The summed E-state index contributed by atoms with van der Waals surface area (Å²) in [6, 6.07) is 0.329. The second-order valence-corrected chi connectivity index (χ2v) is 4.38. The van der Waals surface area contributed by atoms with Gasteiger partial charge in [-0.2, -0.15) is 24.7 Å². The molecule has 0 aliphatic rings. The minimum absolute atomic E-state index is 0.172. The van der Waals surface area contributed by atoms with Gasteiger partial charge in [0.15, 0.2) is 0 Å². The quantitative estimate of drug-likeness (QED) is 0.844. The fraction of sp³-hybridized carbons (Fsp3) is 0.545. The number of rotatable bonds is 5. The Morgan fingerprint density at radius 1 is 1.37 bits per heavy atom. The fourth-order valence-corrected chi connectivity index (χ4v) is 1.75. The van der Waals surface area contributed by atoms with Crippen LogP contribution in [0.2, 0.25) is 0 Å². The summed E-state index contributed by atoms with van der Waals surface area (Å²) < 4.78 is 1.46. The summed E-state index contributed by atoms with van der Waals surface area (Å²) in [5.41, 5.74) is 5.73. The third kappa shape index (κ3) is 2.95. The third-order valence-electron chi connectivity index (χ3n) is 2.94. The van der Waals surface area contributed by atoms with Crippen molar-refractivity contribution in [3.63, 3.8) is 0 Å². The first kappa shape index (κ1) is 13.2. The average Bonchev–Trinajstić information content (AvgIpc) is 2.91. The number of anilines is 2. The van der Waals surface area contributed by atoms with Crippen molar-refractivity contribution in [3.8, 4) is 5.95 Å². The van der Waals surface area contributed by atoms with E-state index in [1.807, 2.05) is 11.9 Å². The van der Waals surface area contributed by atoms with E-state index in [0.717, 1.165) is 12.8 Å². The normalized spacial score (nSPS) is 12.4. The molecule has 0 saturated carbocycles. The van der Waals surface area contributed by atoms with Crippen LogP contribution in [0.25, 0.3) is 5.95 Å². The van der Waals surface area contributed by atoms with Crippen molar-refractivity contribution < 1.29 is 0 Å². The van der Waals surface area contributed by atoms with Gasteiger partial charge in [0.05, 0.1) is 0 Å². The molecule has 8 nitrogen and oxygen atoms in total. The van der Waals surface area contributed by atoms with Gasteiger partial charge >= 0.3 is 0 Å². The molecule has 0 amide bonds. The Labute approximate surface area is 111 Å². The van der Waals surface area contributed by atoms with Gasteiger partial charge in [-0.05, 0) is 13.3 Å². The largest absolute Gasteiger partial charge is 0.368 e. The van der Waals surface area contributed by atoms with Crippen molar-refractivity contribution >= 4 is 11.9 Å². The van der Waals surface area contributed by atoms with Crippen LogP contribution in [0.1, 0.15) is 26.7 Å². The van der Waals surface area contributed by atoms with E-state index in [1.54, 1.807) is 0 Å². The van der Waals surface area contributed by atoms with Crippen molar-refractivity contribution in [2.75, 3.05) is 17.7 Å². The summed E-state index contributed by atoms with van der Waals surface area (Å²) in [6.07, 6.45) is 5.10. The number of nitrogens with two attached hydrogens (primary N) is 1. The maximum absolute atomic E-state index is 5.73. The van der Waals surface area contributed by atoms with Gasteiger partial charge in [-0.3, -0.25) is 0 Å². The summed E-state index contributed by atoms with van der Waals surface area (Å²) in [5.74, 6) is 1.08. The molecule has 8 heteroatoms. The van der Waals surface area contributed by atoms with E-state index in [1.165, 1.54) is 17.3 Å². The molecule has 0 saturated heterocycles. The highest BCUT2D eigenvalue weighted by molar-refractivity contribution is 5.37. The van der Waals surface area contributed by atoms with Crippen molar-refractivity contribution in [1.82, 2.24) is 29.7 Å². The predicted octanol–water partition coefficient (Wildman–Crippen LogP) is 0.659. The maximum Gasteiger partial charge on any atom is 0.258 e. The molecule has 1 atom stereocenters. The summed E-state index contributed by atoms with van der Waals surface area (Å²) >= 11 is 0. The molecular formula is C11H18N8. The van der Waals surface area contributed by atoms with E-state index in [2.05, 4.69) is 38.9 Å². The molecule has 0 aliphatic heterocycles. The van der Waals surface area contributed by atoms with Crippen LogP contribution in [0.5, 0.6) is 0 Å². The molecule has 19 heavy (non-hydrogen) atoms. The van der Waals surface area contributed by atoms with E-state index < -0.39 is 0 Å². The van der Waals surface area contributed by atoms with Gasteiger partial charge in [-0.1, -0.05) is 13.3 Å². The Morgan fingerprint density at radius 3 is 2.79 bits per heavy atom. The molecule has 0 fully saturated rings. The molecular weight excluding hydrogens is 244 g/mol. The number of nitrogens with zero attached hydrogens (tertiary/aromatic N) is 7. The van der Waals surface area contributed by atoms with Gasteiger partial charge in [-0.25, -0.2) is 4.98 Å². The third-order valence-corrected chi connectivity index (χ3v) is 2.94. The SMILES string of the molecule is CCCC(C)N(C)c1nc(N)nc(-n2cncn2)n1. The van der Waals surface area contributed by atoms with Crippen LogP contribution in [0.15, 0.2) is 12.7 Å². The average molecular weight is 262 g/mol. The van der Waals surface area contributed by atoms with Crippen molar-refractivity contribution in [3.05, 3.63) is 12.7 Å². The topological polar surface area (TPSA) is 98.6 Å². The lowest BCUT2D eigenvalue weighted by Crippen LogP contribution is -2.31. The van der Waals surface area contributed by atoms with Gasteiger partial charge in [0.25, 0.3) is 5.95 Å². The minimum atomic E-state index is 0.172. The molecule has 2 rings (SSSR count). The summed E-state index contributed by atoms with van der Waals surface area (Å²) in [7, 11) is 1.94. The second kappa shape index (κ2) is 5.59. The zero-order valence-electron chi connectivity index (χ0n) is 11.4. The smallest absolute Gasteiger partial charge is 0.258 e. The zero-order chi connectivity index (χ0) is 13.8. The Kier molecular flexibility index (Phi) is 3.88. The number of aromatic nitrogens is 6. The molecule has 2 aromatic heterocycles. The van der Waals surface area contributed by atoms with Gasteiger partial charge in [-0.15, -0.1) is 0 Å². The molecule has 2 heterocycles. The molecule has 2 N–H and O–H groups in total. The summed E-state index contributed by atoms with van der Waals surface area (Å²) in [5, 5.41) is 3.99. The first-order valence-electron chi connectivity index (χ1n) is 6.21. The van der Waals surface area contributed by atoms with Crippen molar-refractivity contribution in [1.29, 1.82) is 0 Å². The number of hydrogen-bond donors (Lipinski definition) is 1. The van der Waals surface area contributed by atoms with E-state index in [9.17, 15) is 0 Å². The van der Waals surface area contributed by atoms with E-state index >= 15 is 0 Å². The molecule has 102 valence electrons. The molecule has 0 aliphatic carbocycles. The molecule has 0 radical (unpaired) electrons. The van der Waals surface area contributed by atoms with E-state index in [-0.39, 0.29) is 5.95 Å². The van der Waals surface area contributed by atoms with Crippen LogP contribution < -0.4 is 10.6 Å². The van der Waals surface area contributed by atoms with Gasteiger partial charge in [0, 0.05) is 13.1 Å². The molecule has 0 bridgehead atoms. The maximum atomic E-state index is 5.73. The van der Waals surface area contributed by atoms with Crippen molar-refractivity contribution in [2.24, 2.45) is 0 Å². The van der Waals surface area contributed by atoms with Gasteiger partial charge in [0.2, 0.25) is 11.9 Å². The second-order valence-electron chi connectivity index (χ2n) is 4.38. The van der Waals surface area contributed by atoms with Crippen LogP contribution >= 0.6 is 0 Å². The Bertz CT molecular complexity index is 523. The van der Waals surface area contributed by atoms with Gasteiger partial charge < -0.3 is 10.6 Å². The minimum Gasteiger partial charge on any atom is -0.368 e. The first-order valence-corrected chi connectivity index (χ1v) is 6.21. The van der Waals surface area contributed by atoms with Crippen LogP contribution in [-0.4, -0.2) is 42.8 Å². The molecule has 2 aromatic rings. The fourth-order valence-electron chi connectivity index (χ4n) is 1.75. The molecule has 0 aromatic carbocycles. The molecule has 0 spiro atoms. The predicted molar refractivity (Wildman–Crippen MR) is 71.9 cm³/mol. The standard InChI is InChI=1S/C11H18N8/c1-4-5-8(2)18(3)10-15-9(12)16-11(17-10)19-7-13-6-14-19/h6-8H,4-5H2,1-3H3,(H2,12,15,16,17). The highest BCUT2D eigenvalue weighted by atomic mass is 15.4. The van der Waals surface area contributed by atoms with Crippen LogP contribution in [-0.2, 0) is 0 Å². The van der Waals surface area contributed by atoms with Gasteiger partial charge in [0.1, 0.15) is 12.7 Å². The van der Waals surface area contributed by atoms with Crippen LogP contribution in [0.3, 0.4) is 0 Å². The van der Waals surface area contributed by atoms with E-state index in [4.69, 9.17) is 5.73 Å². The van der Waals surface area contributed by atoms with Crippen LogP contribution in [0.4, 0.5) is 11.9 Å². The zero-order valence-corrected chi connectivity index (χ0v) is 11.4. The lowest BCUT2D eigenvalue weighted by molar-refractivity contribution is 0.602. The Balaban J connectivity index is 2.31. The first-order chi connectivity index (χ1) is 9.11. The van der Waals surface area contributed by atoms with E-state index in [0.29, 0.717) is 17.9 Å². The monoisotopic (exact) mass is 262 g/mol. The summed E-state index contributed by atoms with van der Waals surface area (Å²) in [4.78, 5) is 18.4. The lowest BCUT2D eigenvalue weighted by atomic mass is 10.2. The van der Waals surface area contributed by atoms with Crippen LogP contribution in [0, 0.1) is 0 Å².